The van der Waals surface area contributed by atoms with Gasteiger partial charge >= 0.3 is 0 Å². The van der Waals surface area contributed by atoms with Gasteiger partial charge in [0, 0.05) is 26.3 Å². The Bertz CT molecular complexity index is 336. The summed E-state index contributed by atoms with van der Waals surface area (Å²) >= 11 is 0. The third-order valence-corrected chi connectivity index (χ3v) is 3.14. The van der Waals surface area contributed by atoms with Crippen molar-refractivity contribution in [3.05, 3.63) is 23.5 Å². The predicted octanol–water partition coefficient (Wildman–Crippen LogP) is 2.00. The van der Waals surface area contributed by atoms with E-state index in [0.29, 0.717) is 5.41 Å². The van der Waals surface area contributed by atoms with Crippen LogP contribution in [-0.4, -0.2) is 43.2 Å². The first-order valence-corrected chi connectivity index (χ1v) is 6.53. The van der Waals surface area contributed by atoms with Gasteiger partial charge in [0.15, 0.2) is 0 Å². The van der Waals surface area contributed by atoms with Gasteiger partial charge in [0.25, 0.3) is 0 Å². The molecule has 0 bridgehead atoms. The van der Waals surface area contributed by atoms with E-state index >= 15 is 0 Å². The first kappa shape index (κ1) is 12.5. The summed E-state index contributed by atoms with van der Waals surface area (Å²) in [4.78, 5) is 4.79. The molecule has 0 aromatic carbocycles. The third-order valence-electron chi connectivity index (χ3n) is 3.14. The maximum Gasteiger partial charge on any atom is 0.0896 e. The van der Waals surface area contributed by atoms with Gasteiger partial charge in [-0.15, -0.1) is 0 Å². The molecule has 2 aliphatic rings. The van der Waals surface area contributed by atoms with Crippen LogP contribution in [0.2, 0.25) is 0 Å². The first-order valence-electron chi connectivity index (χ1n) is 6.53. The molecule has 0 aromatic rings. The largest absolute Gasteiger partial charge is 0.361 e. The van der Waals surface area contributed by atoms with Crippen LogP contribution in [0.1, 0.15) is 27.2 Å². The highest BCUT2D eigenvalue weighted by molar-refractivity contribution is 5.33. The van der Waals surface area contributed by atoms with Crippen molar-refractivity contribution in [2.24, 2.45) is 5.41 Å². The first-order chi connectivity index (χ1) is 7.96. The summed E-state index contributed by atoms with van der Waals surface area (Å²) in [6.07, 6.45) is 5.79. The van der Waals surface area contributed by atoms with Crippen LogP contribution in [0.15, 0.2) is 23.5 Å². The second kappa shape index (κ2) is 4.73. The van der Waals surface area contributed by atoms with Crippen LogP contribution in [0.5, 0.6) is 0 Å². The Morgan fingerprint density at radius 2 is 2.12 bits per heavy atom. The second-order valence-corrected chi connectivity index (χ2v) is 6.35. The molecule has 2 rings (SSSR count). The van der Waals surface area contributed by atoms with Crippen LogP contribution in [-0.2, 0) is 0 Å². The van der Waals surface area contributed by atoms with Crippen molar-refractivity contribution in [1.29, 1.82) is 0 Å². The zero-order valence-electron chi connectivity index (χ0n) is 11.6. The van der Waals surface area contributed by atoms with E-state index in [1.54, 1.807) is 0 Å². The summed E-state index contributed by atoms with van der Waals surface area (Å²) in [6.45, 7) is 11.2. The van der Waals surface area contributed by atoms with Gasteiger partial charge in [-0.25, -0.2) is 0 Å². The van der Waals surface area contributed by atoms with E-state index in [-0.39, 0.29) is 0 Å². The molecule has 2 heterocycles. The summed E-state index contributed by atoms with van der Waals surface area (Å²) in [6, 6.07) is 0. The minimum atomic E-state index is 0.345. The van der Waals surface area contributed by atoms with Gasteiger partial charge in [-0.1, -0.05) is 26.8 Å². The van der Waals surface area contributed by atoms with Gasteiger partial charge in [-0.3, -0.25) is 0 Å². The SMILES string of the molecule is CN1C=C(C2=CCNCC2)N(CC(C)(C)C)C1. The lowest BCUT2D eigenvalue weighted by molar-refractivity contribution is 0.209. The molecule has 3 heteroatoms. The van der Waals surface area contributed by atoms with Gasteiger partial charge < -0.3 is 15.1 Å². The molecule has 96 valence electrons. The van der Waals surface area contributed by atoms with Crippen molar-refractivity contribution >= 4 is 0 Å². The van der Waals surface area contributed by atoms with Gasteiger partial charge in [0.05, 0.1) is 12.4 Å². The molecule has 0 saturated heterocycles. The number of hydrogen-bond donors (Lipinski definition) is 1. The highest BCUT2D eigenvalue weighted by atomic mass is 15.3. The number of nitrogens with zero attached hydrogens (tertiary/aromatic N) is 2. The molecule has 0 unspecified atom stereocenters. The maximum atomic E-state index is 3.38. The summed E-state index contributed by atoms with van der Waals surface area (Å²) in [5.74, 6) is 0. The van der Waals surface area contributed by atoms with Crippen LogP contribution in [0.4, 0.5) is 0 Å². The summed E-state index contributed by atoms with van der Waals surface area (Å²) in [5.41, 5.74) is 3.29. The topological polar surface area (TPSA) is 18.5 Å². The van der Waals surface area contributed by atoms with E-state index in [4.69, 9.17) is 0 Å². The molecule has 3 nitrogen and oxygen atoms in total. The molecule has 0 aliphatic carbocycles. The van der Waals surface area contributed by atoms with Crippen LogP contribution < -0.4 is 5.32 Å². The normalized spacial score (nSPS) is 21.6. The molecule has 0 radical (unpaired) electrons. The summed E-state index contributed by atoms with van der Waals surface area (Å²) in [5, 5.41) is 3.38. The Morgan fingerprint density at radius 1 is 1.35 bits per heavy atom. The van der Waals surface area contributed by atoms with Crippen LogP contribution in [0.25, 0.3) is 0 Å². The smallest absolute Gasteiger partial charge is 0.0896 e. The number of nitrogens with one attached hydrogen (secondary N) is 1. The van der Waals surface area contributed by atoms with Crippen LogP contribution in [0.3, 0.4) is 0 Å². The van der Waals surface area contributed by atoms with Crippen molar-refractivity contribution in [2.45, 2.75) is 27.2 Å². The molecule has 0 fully saturated rings. The number of allylic oxidation sites excluding steroid dienone is 1. The zero-order chi connectivity index (χ0) is 12.5. The van der Waals surface area contributed by atoms with E-state index in [1.165, 1.54) is 11.3 Å². The maximum absolute atomic E-state index is 3.38. The fourth-order valence-corrected chi connectivity index (χ4v) is 2.53. The average molecular weight is 235 g/mol. The number of rotatable bonds is 2. The standard InChI is InChI=1S/C14H25N3/c1-14(2,3)10-17-11-16(4)9-13(17)12-5-7-15-8-6-12/h5,9,15H,6-8,10-11H2,1-4H3. The van der Waals surface area contributed by atoms with E-state index in [9.17, 15) is 0 Å². The van der Waals surface area contributed by atoms with Crippen molar-refractivity contribution in [3.8, 4) is 0 Å². The van der Waals surface area contributed by atoms with E-state index < -0.39 is 0 Å². The van der Waals surface area contributed by atoms with Gasteiger partial charge in [0.1, 0.15) is 0 Å². The van der Waals surface area contributed by atoms with Crippen molar-refractivity contribution in [3.63, 3.8) is 0 Å². The Morgan fingerprint density at radius 3 is 2.71 bits per heavy atom. The Labute approximate surface area is 105 Å². The second-order valence-electron chi connectivity index (χ2n) is 6.35. The zero-order valence-corrected chi connectivity index (χ0v) is 11.6. The summed E-state index contributed by atoms with van der Waals surface area (Å²) in [7, 11) is 2.16. The van der Waals surface area contributed by atoms with Crippen molar-refractivity contribution in [2.75, 3.05) is 33.4 Å². The lowest BCUT2D eigenvalue weighted by Gasteiger charge is -2.31. The third kappa shape index (κ3) is 3.25. The molecule has 1 N–H and O–H groups in total. The fourth-order valence-electron chi connectivity index (χ4n) is 2.53. The fraction of sp³-hybridized carbons (Fsp3) is 0.714. The molecule has 2 aliphatic heterocycles. The van der Waals surface area contributed by atoms with Crippen LogP contribution >= 0.6 is 0 Å². The van der Waals surface area contributed by atoms with Gasteiger partial charge in [-0.05, 0) is 24.0 Å². The molecule has 0 aromatic heterocycles. The Hall–Kier alpha value is -0.960. The van der Waals surface area contributed by atoms with Gasteiger partial charge in [-0.2, -0.15) is 0 Å². The quantitative estimate of drug-likeness (QED) is 0.790. The molecule has 0 atom stereocenters. The van der Waals surface area contributed by atoms with Crippen LogP contribution in [0, 0.1) is 5.41 Å². The van der Waals surface area contributed by atoms with E-state index in [2.05, 4.69) is 55.2 Å². The number of hydrogen-bond acceptors (Lipinski definition) is 3. The highest BCUT2D eigenvalue weighted by Crippen LogP contribution is 2.28. The lowest BCUT2D eigenvalue weighted by atomic mass is 9.95. The lowest BCUT2D eigenvalue weighted by Crippen LogP contribution is -2.34. The van der Waals surface area contributed by atoms with Crippen molar-refractivity contribution < 1.29 is 0 Å². The highest BCUT2D eigenvalue weighted by Gasteiger charge is 2.25. The minimum Gasteiger partial charge on any atom is -0.361 e. The van der Waals surface area contributed by atoms with E-state index in [0.717, 1.165) is 32.7 Å². The molecule has 17 heavy (non-hydrogen) atoms. The minimum absolute atomic E-state index is 0.345. The molecular weight excluding hydrogens is 210 g/mol. The monoisotopic (exact) mass is 235 g/mol. The van der Waals surface area contributed by atoms with E-state index in [1.807, 2.05) is 0 Å². The Kier molecular flexibility index (Phi) is 3.48. The average Bonchev–Trinajstić information content (AvgIpc) is 2.58. The molecule has 0 saturated carbocycles. The molecule has 0 spiro atoms. The molecule has 0 amide bonds. The van der Waals surface area contributed by atoms with Crippen molar-refractivity contribution in [1.82, 2.24) is 15.1 Å². The van der Waals surface area contributed by atoms with Gasteiger partial charge in [0.2, 0.25) is 0 Å². The predicted molar refractivity (Wildman–Crippen MR) is 72.4 cm³/mol. The summed E-state index contributed by atoms with van der Waals surface area (Å²) < 4.78 is 0. The molecular formula is C14H25N3. The Balaban J connectivity index is 2.12.